The largest absolute Gasteiger partial charge is 0.349 e. The number of benzene rings is 1. The van der Waals surface area contributed by atoms with Gasteiger partial charge in [-0.1, -0.05) is 11.6 Å². The summed E-state index contributed by atoms with van der Waals surface area (Å²) in [5, 5.41) is 3.49. The van der Waals surface area contributed by atoms with E-state index in [0.29, 0.717) is 18.0 Å². The lowest BCUT2D eigenvalue weighted by atomic mass is 10.2. The van der Waals surface area contributed by atoms with Crippen LogP contribution in [0.4, 0.5) is 0 Å². The van der Waals surface area contributed by atoms with Crippen LogP contribution in [-0.2, 0) is 23.0 Å². The quantitative estimate of drug-likeness (QED) is 0.715. The Labute approximate surface area is 129 Å². The van der Waals surface area contributed by atoms with Crippen LogP contribution in [0.25, 0.3) is 0 Å². The fourth-order valence-corrected chi connectivity index (χ4v) is 3.13. The van der Waals surface area contributed by atoms with Crippen molar-refractivity contribution in [1.82, 2.24) is 20.0 Å². The lowest BCUT2D eigenvalue weighted by Gasteiger charge is -2.09. The van der Waals surface area contributed by atoms with Crippen molar-refractivity contribution in [2.75, 3.05) is 13.6 Å². The molecule has 3 N–H and O–H groups in total. The molecule has 6 nitrogen and oxygen atoms in total. The Hall–Kier alpha value is -1.41. The van der Waals surface area contributed by atoms with E-state index >= 15 is 0 Å². The zero-order valence-corrected chi connectivity index (χ0v) is 13.1. The summed E-state index contributed by atoms with van der Waals surface area (Å²) in [4.78, 5) is 7.17. The Morgan fingerprint density at radius 1 is 1.38 bits per heavy atom. The van der Waals surface area contributed by atoms with Gasteiger partial charge in [0.2, 0.25) is 10.0 Å². The van der Waals surface area contributed by atoms with Gasteiger partial charge in [0.1, 0.15) is 5.82 Å². The molecule has 2 aromatic rings. The number of aromatic amines is 1. The van der Waals surface area contributed by atoms with Crippen LogP contribution in [0.5, 0.6) is 0 Å². The number of aromatic nitrogens is 2. The molecule has 114 valence electrons. The highest BCUT2D eigenvalue weighted by Gasteiger charge is 2.15. The molecular weight excluding hydrogens is 312 g/mol. The highest BCUT2D eigenvalue weighted by molar-refractivity contribution is 7.89. The third-order valence-corrected chi connectivity index (χ3v) is 4.73. The zero-order chi connectivity index (χ0) is 15.3. The average molecular weight is 329 g/mol. The molecule has 0 radical (unpaired) electrons. The van der Waals surface area contributed by atoms with Gasteiger partial charge >= 0.3 is 0 Å². The lowest BCUT2D eigenvalue weighted by Crippen LogP contribution is -2.26. The van der Waals surface area contributed by atoms with Crippen LogP contribution in [0.15, 0.2) is 35.5 Å². The highest BCUT2D eigenvalue weighted by atomic mass is 35.5. The Bertz CT molecular complexity index is 686. The number of sulfonamides is 1. The van der Waals surface area contributed by atoms with Crippen LogP contribution >= 0.6 is 11.6 Å². The SMILES string of the molecule is CNCc1cc(S(=O)(=O)NCCc2ncc[nH]2)ccc1Cl. The molecule has 0 unspecified atom stereocenters. The van der Waals surface area contributed by atoms with Crippen molar-refractivity contribution in [3.63, 3.8) is 0 Å². The van der Waals surface area contributed by atoms with E-state index in [9.17, 15) is 8.42 Å². The van der Waals surface area contributed by atoms with Crippen LogP contribution in [0.1, 0.15) is 11.4 Å². The second-order valence-corrected chi connectivity index (χ2v) is 6.64. The predicted octanol–water partition coefficient (Wildman–Crippen LogP) is 1.30. The maximum atomic E-state index is 12.2. The first kappa shape index (κ1) is 16.0. The van der Waals surface area contributed by atoms with E-state index in [2.05, 4.69) is 20.0 Å². The summed E-state index contributed by atoms with van der Waals surface area (Å²) >= 11 is 6.03. The summed E-state index contributed by atoms with van der Waals surface area (Å²) in [6, 6.07) is 4.67. The van der Waals surface area contributed by atoms with Gasteiger partial charge in [-0.15, -0.1) is 0 Å². The van der Waals surface area contributed by atoms with Gasteiger partial charge in [-0.05, 0) is 30.8 Å². The van der Waals surface area contributed by atoms with Crippen LogP contribution in [-0.4, -0.2) is 32.0 Å². The smallest absolute Gasteiger partial charge is 0.240 e. The monoisotopic (exact) mass is 328 g/mol. The maximum absolute atomic E-state index is 12.2. The predicted molar refractivity (Wildman–Crippen MR) is 81.7 cm³/mol. The molecule has 8 heteroatoms. The summed E-state index contributed by atoms with van der Waals surface area (Å²) in [6.45, 7) is 0.786. The van der Waals surface area contributed by atoms with Crippen molar-refractivity contribution in [3.8, 4) is 0 Å². The van der Waals surface area contributed by atoms with Crippen molar-refractivity contribution in [2.24, 2.45) is 0 Å². The van der Waals surface area contributed by atoms with Gasteiger partial charge in [0.15, 0.2) is 0 Å². The van der Waals surface area contributed by atoms with Gasteiger partial charge in [-0.25, -0.2) is 18.1 Å². The third kappa shape index (κ3) is 4.28. The normalized spacial score (nSPS) is 11.7. The second-order valence-electron chi connectivity index (χ2n) is 4.47. The number of hydrogen-bond acceptors (Lipinski definition) is 4. The minimum atomic E-state index is -3.55. The molecule has 0 saturated heterocycles. The molecule has 2 rings (SSSR count). The van der Waals surface area contributed by atoms with Crippen LogP contribution < -0.4 is 10.0 Å². The molecule has 0 fully saturated rings. The van der Waals surface area contributed by atoms with E-state index in [1.807, 2.05) is 0 Å². The van der Waals surface area contributed by atoms with Crippen molar-refractivity contribution in [3.05, 3.63) is 47.0 Å². The highest BCUT2D eigenvalue weighted by Crippen LogP contribution is 2.20. The molecule has 0 aliphatic carbocycles. The Balaban J connectivity index is 2.06. The molecule has 21 heavy (non-hydrogen) atoms. The topological polar surface area (TPSA) is 86.9 Å². The van der Waals surface area contributed by atoms with Crippen LogP contribution in [0.3, 0.4) is 0 Å². The number of rotatable bonds is 7. The van der Waals surface area contributed by atoms with Crippen molar-refractivity contribution in [2.45, 2.75) is 17.9 Å². The molecule has 1 aromatic carbocycles. The molecule has 1 aromatic heterocycles. The summed E-state index contributed by atoms with van der Waals surface area (Å²) in [7, 11) is -1.77. The fourth-order valence-electron chi connectivity index (χ4n) is 1.87. The van der Waals surface area contributed by atoms with Gasteiger partial charge < -0.3 is 10.3 Å². The molecule has 0 aliphatic heterocycles. The molecule has 0 aliphatic rings. The number of halogens is 1. The summed E-state index contributed by atoms with van der Waals surface area (Å²) in [6.07, 6.45) is 3.84. The van der Waals surface area contributed by atoms with Gasteiger partial charge in [0, 0.05) is 36.9 Å². The van der Waals surface area contributed by atoms with E-state index in [0.717, 1.165) is 11.4 Å². The van der Waals surface area contributed by atoms with Crippen molar-refractivity contribution >= 4 is 21.6 Å². The van der Waals surface area contributed by atoms with Crippen molar-refractivity contribution < 1.29 is 8.42 Å². The standard InChI is InChI=1S/C13H17ClN4O2S/c1-15-9-10-8-11(2-3-12(10)14)21(19,20)18-5-4-13-16-6-7-17-13/h2-3,6-8,15,18H,4-5,9H2,1H3,(H,16,17). The molecule has 0 atom stereocenters. The van der Waals surface area contributed by atoms with E-state index in [1.165, 1.54) is 6.07 Å². The molecule has 0 bridgehead atoms. The maximum Gasteiger partial charge on any atom is 0.240 e. The van der Waals surface area contributed by atoms with Crippen LogP contribution in [0.2, 0.25) is 5.02 Å². The molecule has 1 heterocycles. The van der Waals surface area contributed by atoms with E-state index < -0.39 is 10.0 Å². The zero-order valence-electron chi connectivity index (χ0n) is 11.6. The number of hydrogen-bond donors (Lipinski definition) is 3. The van der Waals surface area contributed by atoms with Gasteiger partial charge in [0.25, 0.3) is 0 Å². The Morgan fingerprint density at radius 3 is 2.86 bits per heavy atom. The number of nitrogens with one attached hydrogen (secondary N) is 3. The Morgan fingerprint density at radius 2 is 2.19 bits per heavy atom. The van der Waals surface area contributed by atoms with E-state index in [-0.39, 0.29) is 11.4 Å². The van der Waals surface area contributed by atoms with Gasteiger partial charge in [0.05, 0.1) is 4.90 Å². The molecule has 0 spiro atoms. The first-order chi connectivity index (χ1) is 10.0. The summed E-state index contributed by atoms with van der Waals surface area (Å²) in [5.74, 6) is 0.740. The number of imidazole rings is 1. The second kappa shape index (κ2) is 7.04. The molecular formula is C13H17ClN4O2S. The molecule has 0 amide bonds. The Kier molecular flexibility index (Phi) is 5.35. The fraction of sp³-hybridized carbons (Fsp3) is 0.308. The first-order valence-corrected chi connectivity index (χ1v) is 8.30. The molecule has 0 saturated carbocycles. The van der Waals surface area contributed by atoms with E-state index in [1.54, 1.807) is 31.6 Å². The summed E-state index contributed by atoms with van der Waals surface area (Å²) in [5.41, 5.74) is 0.744. The number of nitrogens with zero attached hydrogens (tertiary/aromatic N) is 1. The van der Waals surface area contributed by atoms with E-state index in [4.69, 9.17) is 11.6 Å². The summed E-state index contributed by atoms with van der Waals surface area (Å²) < 4.78 is 27.0. The first-order valence-electron chi connectivity index (χ1n) is 6.44. The third-order valence-electron chi connectivity index (χ3n) is 2.90. The van der Waals surface area contributed by atoms with Crippen LogP contribution in [0, 0.1) is 0 Å². The lowest BCUT2D eigenvalue weighted by molar-refractivity contribution is 0.580. The van der Waals surface area contributed by atoms with Gasteiger partial charge in [-0.2, -0.15) is 0 Å². The minimum absolute atomic E-state index is 0.205. The van der Waals surface area contributed by atoms with Gasteiger partial charge in [-0.3, -0.25) is 0 Å². The average Bonchev–Trinajstić information content (AvgIpc) is 2.94. The number of H-pyrrole nitrogens is 1. The minimum Gasteiger partial charge on any atom is -0.349 e. The van der Waals surface area contributed by atoms with Crippen molar-refractivity contribution in [1.29, 1.82) is 0 Å².